The van der Waals surface area contributed by atoms with E-state index in [1.807, 2.05) is 11.8 Å². The minimum atomic E-state index is -0.948. The standard InChI is InChI=1S/C15H19FN4O2/c1-2-20-9-10(16)8-12(20)14(21)19-13-5-3-4-11(18-13)15-17-6-7-22-15/h3-5,10,12H,2,6-9H2,1H3,(H,18,19,21)/t10-,12+/m1/s1. The summed E-state index contributed by atoms with van der Waals surface area (Å²) in [6.45, 7) is 4.06. The van der Waals surface area contributed by atoms with E-state index in [1.54, 1.807) is 18.2 Å². The lowest BCUT2D eigenvalue weighted by Gasteiger charge is -2.21. The molecule has 2 aliphatic rings. The van der Waals surface area contributed by atoms with Crippen molar-refractivity contribution in [3.63, 3.8) is 0 Å². The maximum atomic E-state index is 13.5. The minimum absolute atomic E-state index is 0.221. The zero-order valence-corrected chi connectivity index (χ0v) is 12.5. The molecular weight excluding hydrogens is 287 g/mol. The maximum Gasteiger partial charge on any atom is 0.242 e. The molecule has 0 bridgehead atoms. The van der Waals surface area contributed by atoms with Gasteiger partial charge in [0.25, 0.3) is 0 Å². The van der Waals surface area contributed by atoms with Crippen LogP contribution in [0.2, 0.25) is 0 Å². The van der Waals surface area contributed by atoms with Gasteiger partial charge in [0, 0.05) is 13.0 Å². The van der Waals surface area contributed by atoms with Gasteiger partial charge in [0.05, 0.1) is 12.6 Å². The van der Waals surface area contributed by atoms with E-state index in [2.05, 4.69) is 15.3 Å². The van der Waals surface area contributed by atoms with Gasteiger partial charge in [-0.2, -0.15) is 0 Å². The molecule has 0 unspecified atom stereocenters. The molecule has 2 atom stereocenters. The second-order valence-corrected chi connectivity index (χ2v) is 5.37. The predicted molar refractivity (Wildman–Crippen MR) is 80.8 cm³/mol. The molecule has 1 amide bonds. The normalized spacial score (nSPS) is 24.9. The molecule has 6 nitrogen and oxygen atoms in total. The molecule has 1 aromatic heterocycles. The van der Waals surface area contributed by atoms with E-state index < -0.39 is 12.2 Å². The van der Waals surface area contributed by atoms with Gasteiger partial charge >= 0.3 is 0 Å². The number of anilines is 1. The fourth-order valence-electron chi connectivity index (χ4n) is 2.79. The van der Waals surface area contributed by atoms with Gasteiger partial charge in [-0.05, 0) is 18.7 Å². The number of aliphatic imine (C=N–C) groups is 1. The smallest absolute Gasteiger partial charge is 0.242 e. The molecule has 1 aromatic rings. The average Bonchev–Trinajstić information content (AvgIpc) is 3.16. The molecule has 0 spiro atoms. The Bertz CT molecular complexity index is 593. The number of carbonyl (C=O) groups is 1. The Morgan fingerprint density at radius 1 is 1.55 bits per heavy atom. The molecule has 7 heteroatoms. The minimum Gasteiger partial charge on any atom is -0.474 e. The van der Waals surface area contributed by atoms with Crippen LogP contribution < -0.4 is 5.32 Å². The summed E-state index contributed by atoms with van der Waals surface area (Å²) in [5.74, 6) is 0.705. The van der Waals surface area contributed by atoms with E-state index in [4.69, 9.17) is 4.74 Å². The van der Waals surface area contributed by atoms with Crippen molar-refractivity contribution in [1.29, 1.82) is 0 Å². The van der Waals surface area contributed by atoms with Crippen LogP contribution in [0.5, 0.6) is 0 Å². The van der Waals surface area contributed by atoms with Gasteiger partial charge in [0.1, 0.15) is 24.3 Å². The molecule has 118 valence electrons. The molecule has 3 rings (SSSR count). The molecule has 1 N–H and O–H groups in total. The van der Waals surface area contributed by atoms with Crippen LogP contribution >= 0.6 is 0 Å². The van der Waals surface area contributed by atoms with Crippen molar-refractivity contribution in [3.8, 4) is 0 Å². The van der Waals surface area contributed by atoms with E-state index in [9.17, 15) is 9.18 Å². The summed E-state index contributed by atoms with van der Waals surface area (Å²) in [5.41, 5.74) is 0.595. The zero-order chi connectivity index (χ0) is 15.5. The van der Waals surface area contributed by atoms with Crippen molar-refractivity contribution >= 4 is 17.6 Å². The highest BCUT2D eigenvalue weighted by Gasteiger charge is 2.36. The Labute approximate surface area is 128 Å². The maximum absolute atomic E-state index is 13.5. The van der Waals surface area contributed by atoms with Crippen molar-refractivity contribution < 1.29 is 13.9 Å². The third kappa shape index (κ3) is 3.09. The summed E-state index contributed by atoms with van der Waals surface area (Å²) >= 11 is 0. The summed E-state index contributed by atoms with van der Waals surface area (Å²) in [4.78, 5) is 22.7. The van der Waals surface area contributed by atoms with Gasteiger partial charge in [-0.15, -0.1) is 0 Å². The summed E-state index contributed by atoms with van der Waals surface area (Å²) in [7, 11) is 0. The van der Waals surface area contributed by atoms with E-state index in [0.717, 1.165) is 0 Å². The number of likely N-dealkylation sites (tertiary alicyclic amines) is 1. The lowest BCUT2D eigenvalue weighted by molar-refractivity contribution is -0.120. The first-order valence-electron chi connectivity index (χ1n) is 7.51. The average molecular weight is 306 g/mol. The first-order chi connectivity index (χ1) is 10.7. The van der Waals surface area contributed by atoms with E-state index in [1.165, 1.54) is 0 Å². The number of halogens is 1. The highest BCUT2D eigenvalue weighted by Crippen LogP contribution is 2.21. The number of nitrogens with zero attached hydrogens (tertiary/aromatic N) is 3. The van der Waals surface area contributed by atoms with Crippen LogP contribution in [0.4, 0.5) is 10.2 Å². The Hall–Kier alpha value is -2.02. The van der Waals surface area contributed by atoms with Gasteiger partial charge < -0.3 is 10.1 Å². The molecule has 1 fully saturated rings. The van der Waals surface area contributed by atoms with Crippen LogP contribution in [0.3, 0.4) is 0 Å². The lowest BCUT2D eigenvalue weighted by atomic mass is 10.2. The fraction of sp³-hybridized carbons (Fsp3) is 0.533. The Balaban J connectivity index is 1.70. The lowest BCUT2D eigenvalue weighted by Crippen LogP contribution is -2.39. The monoisotopic (exact) mass is 306 g/mol. The quantitative estimate of drug-likeness (QED) is 0.908. The highest BCUT2D eigenvalue weighted by molar-refractivity contribution is 5.96. The van der Waals surface area contributed by atoms with Crippen LogP contribution in [-0.4, -0.2) is 60.1 Å². The van der Waals surface area contributed by atoms with Crippen molar-refractivity contribution in [2.45, 2.75) is 25.6 Å². The summed E-state index contributed by atoms with van der Waals surface area (Å²) in [6.07, 6.45) is -0.717. The molecule has 0 aromatic carbocycles. The highest BCUT2D eigenvalue weighted by atomic mass is 19.1. The molecule has 3 heterocycles. The predicted octanol–water partition coefficient (Wildman–Crippen LogP) is 1.23. The number of nitrogens with one attached hydrogen (secondary N) is 1. The molecular formula is C15H19FN4O2. The van der Waals surface area contributed by atoms with Crippen LogP contribution in [0.1, 0.15) is 19.0 Å². The largest absolute Gasteiger partial charge is 0.474 e. The second-order valence-electron chi connectivity index (χ2n) is 5.37. The summed E-state index contributed by atoms with van der Waals surface area (Å²) in [6, 6.07) is 4.83. The van der Waals surface area contributed by atoms with Gasteiger partial charge in [-0.25, -0.2) is 14.4 Å². The van der Waals surface area contributed by atoms with Crippen molar-refractivity contribution in [1.82, 2.24) is 9.88 Å². The van der Waals surface area contributed by atoms with Crippen LogP contribution in [0, 0.1) is 0 Å². The number of amides is 1. The molecule has 0 saturated carbocycles. The van der Waals surface area contributed by atoms with E-state index >= 15 is 0 Å². The van der Waals surface area contributed by atoms with Gasteiger partial charge in [0.15, 0.2) is 0 Å². The first-order valence-corrected chi connectivity index (χ1v) is 7.51. The molecule has 1 saturated heterocycles. The zero-order valence-electron chi connectivity index (χ0n) is 12.5. The topological polar surface area (TPSA) is 66.8 Å². The molecule has 0 radical (unpaired) electrons. The number of ether oxygens (including phenoxy) is 1. The Morgan fingerprint density at radius 2 is 2.41 bits per heavy atom. The first kappa shape index (κ1) is 14.9. The Kier molecular flexibility index (Phi) is 4.33. The molecule has 0 aliphatic carbocycles. The molecule has 2 aliphatic heterocycles. The second kappa shape index (κ2) is 6.39. The van der Waals surface area contributed by atoms with Crippen molar-refractivity contribution in [2.24, 2.45) is 4.99 Å². The van der Waals surface area contributed by atoms with E-state index in [0.29, 0.717) is 43.7 Å². The fourth-order valence-corrected chi connectivity index (χ4v) is 2.79. The number of alkyl halides is 1. The number of hydrogen-bond acceptors (Lipinski definition) is 5. The van der Waals surface area contributed by atoms with Gasteiger partial charge in [0.2, 0.25) is 11.8 Å². The SMILES string of the molecule is CCN1C[C@H](F)C[C@H]1C(=O)Nc1cccc(C2=NCCO2)n1. The number of aromatic nitrogens is 1. The third-order valence-electron chi connectivity index (χ3n) is 3.87. The van der Waals surface area contributed by atoms with Gasteiger partial charge in [-0.1, -0.05) is 13.0 Å². The van der Waals surface area contributed by atoms with Crippen molar-refractivity contribution in [2.75, 3.05) is 31.6 Å². The third-order valence-corrected chi connectivity index (χ3v) is 3.87. The van der Waals surface area contributed by atoms with Crippen LogP contribution in [0.25, 0.3) is 0 Å². The summed E-state index contributed by atoms with van der Waals surface area (Å²) in [5, 5.41) is 2.76. The number of pyridine rings is 1. The number of hydrogen-bond donors (Lipinski definition) is 1. The van der Waals surface area contributed by atoms with Crippen molar-refractivity contribution in [3.05, 3.63) is 23.9 Å². The van der Waals surface area contributed by atoms with Crippen LogP contribution in [-0.2, 0) is 9.53 Å². The van der Waals surface area contributed by atoms with E-state index in [-0.39, 0.29) is 12.3 Å². The number of carbonyl (C=O) groups excluding carboxylic acids is 1. The number of likely N-dealkylation sites (N-methyl/N-ethyl adjacent to an activating group) is 1. The molecule has 22 heavy (non-hydrogen) atoms. The number of rotatable bonds is 4. The summed E-state index contributed by atoms with van der Waals surface area (Å²) < 4.78 is 18.9. The van der Waals surface area contributed by atoms with Gasteiger partial charge in [-0.3, -0.25) is 9.69 Å². The van der Waals surface area contributed by atoms with Crippen LogP contribution in [0.15, 0.2) is 23.2 Å². The Morgan fingerprint density at radius 3 is 3.14 bits per heavy atom.